The van der Waals surface area contributed by atoms with Crippen LogP contribution in [0.1, 0.15) is 21.5 Å². The number of alkyl halides is 3. The van der Waals surface area contributed by atoms with E-state index in [0.717, 1.165) is 12.1 Å². The van der Waals surface area contributed by atoms with Crippen molar-refractivity contribution >= 4 is 29.1 Å². The van der Waals surface area contributed by atoms with Crippen molar-refractivity contribution in [2.45, 2.75) is 12.7 Å². The van der Waals surface area contributed by atoms with Gasteiger partial charge in [0, 0.05) is 12.7 Å². The molecule has 0 bridgehead atoms. The van der Waals surface area contributed by atoms with Gasteiger partial charge in [-0.3, -0.25) is 4.79 Å². The lowest BCUT2D eigenvalue weighted by molar-refractivity contribution is -0.137. The molecule has 0 aliphatic heterocycles. The Balaban J connectivity index is 2.02. The number of hydrogen-bond acceptors (Lipinski definition) is 3. The lowest BCUT2D eigenvalue weighted by Crippen LogP contribution is -2.23. The number of carbonyl (C=O) groups is 1. The highest BCUT2D eigenvalue weighted by Gasteiger charge is 2.29. The van der Waals surface area contributed by atoms with Crippen LogP contribution in [0, 0.1) is 0 Å². The molecule has 1 amide bonds. The van der Waals surface area contributed by atoms with Gasteiger partial charge in [-0.1, -0.05) is 23.7 Å². The number of nitrogens with one attached hydrogen (secondary N) is 1. The zero-order valence-corrected chi connectivity index (χ0v) is 12.3. The van der Waals surface area contributed by atoms with Crippen molar-refractivity contribution in [1.29, 1.82) is 0 Å². The summed E-state index contributed by atoms with van der Waals surface area (Å²) in [5.41, 5.74) is -0.220. The Kier molecular flexibility index (Phi) is 4.87. The quantitative estimate of drug-likeness (QED) is 0.678. The number of carbonyl (C=O) groups excluding carboxylic acids is 1. The average molecular weight is 350 g/mol. The molecule has 0 fully saturated rings. The van der Waals surface area contributed by atoms with Gasteiger partial charge in [-0.05, 0) is 29.3 Å². The first-order valence-electron chi connectivity index (χ1n) is 5.90. The maximum Gasteiger partial charge on any atom is 0.416 e. The summed E-state index contributed by atoms with van der Waals surface area (Å²) in [6.45, 7) is 0.0376. The van der Waals surface area contributed by atoms with Gasteiger partial charge in [0.05, 0.1) is 11.1 Å². The number of rotatable bonds is 3. The van der Waals surface area contributed by atoms with Crippen molar-refractivity contribution in [1.82, 2.24) is 15.3 Å². The fraction of sp³-hybridized carbons (Fsp3) is 0.154. The van der Waals surface area contributed by atoms with Crippen LogP contribution < -0.4 is 5.32 Å². The molecule has 0 unspecified atom stereocenters. The number of hydrogen-bond donors (Lipinski definition) is 1. The second-order valence-corrected chi connectivity index (χ2v) is 4.92. The molecule has 1 N–H and O–H groups in total. The third-order valence-corrected chi connectivity index (χ3v) is 3.16. The van der Waals surface area contributed by atoms with E-state index in [4.69, 9.17) is 23.2 Å². The van der Waals surface area contributed by atoms with Crippen LogP contribution in [-0.4, -0.2) is 15.9 Å². The highest BCUT2D eigenvalue weighted by Crippen LogP contribution is 2.29. The molecule has 0 aliphatic rings. The summed E-state index contributed by atoms with van der Waals surface area (Å²) in [7, 11) is 0. The second kappa shape index (κ2) is 6.50. The van der Waals surface area contributed by atoms with Crippen LogP contribution in [0.3, 0.4) is 0 Å². The van der Waals surface area contributed by atoms with Crippen LogP contribution in [0.4, 0.5) is 13.2 Å². The van der Waals surface area contributed by atoms with Gasteiger partial charge in [0.2, 0.25) is 5.28 Å². The fourth-order valence-electron chi connectivity index (χ4n) is 1.58. The molecule has 0 aliphatic carbocycles. The molecule has 0 saturated heterocycles. The summed E-state index contributed by atoms with van der Waals surface area (Å²) in [5.74, 6) is -0.554. The number of nitrogens with zero attached hydrogens (tertiary/aromatic N) is 2. The van der Waals surface area contributed by atoms with E-state index < -0.39 is 17.6 Å². The predicted molar refractivity (Wildman–Crippen MR) is 74.7 cm³/mol. The molecule has 2 aromatic rings. The molecule has 22 heavy (non-hydrogen) atoms. The molecule has 1 aromatic carbocycles. The minimum absolute atomic E-state index is 0.0259. The average Bonchev–Trinajstić information content (AvgIpc) is 2.44. The third-order valence-electron chi connectivity index (χ3n) is 2.69. The lowest BCUT2D eigenvalue weighted by Gasteiger charge is -2.09. The molecule has 2 rings (SSSR count). The Morgan fingerprint density at radius 3 is 2.36 bits per heavy atom. The van der Waals surface area contributed by atoms with E-state index in [1.807, 2.05) is 0 Å². The summed E-state index contributed by atoms with van der Waals surface area (Å²) in [4.78, 5) is 19.1. The first kappa shape index (κ1) is 16.5. The fourth-order valence-corrected chi connectivity index (χ4v) is 1.97. The highest BCUT2D eigenvalue weighted by atomic mass is 35.5. The Hall–Kier alpha value is -1.86. The van der Waals surface area contributed by atoms with Crippen molar-refractivity contribution in [3.05, 3.63) is 57.6 Å². The van der Waals surface area contributed by atoms with Crippen LogP contribution in [0.5, 0.6) is 0 Å². The standard InChI is InChI=1S/C13H8Cl2F3N3O/c14-10-9(6-20-12(15)21-10)11(22)19-5-7-1-3-8(4-2-7)13(16,17)18/h1-4,6H,5H2,(H,19,22). The molecule has 1 aromatic heterocycles. The molecule has 0 atom stereocenters. The Morgan fingerprint density at radius 1 is 1.18 bits per heavy atom. The summed E-state index contributed by atoms with van der Waals surface area (Å²) in [6, 6.07) is 4.45. The van der Waals surface area contributed by atoms with Crippen LogP contribution in [0.25, 0.3) is 0 Å². The minimum atomic E-state index is -4.39. The normalized spacial score (nSPS) is 11.3. The molecule has 1 heterocycles. The molecule has 9 heteroatoms. The SMILES string of the molecule is O=C(NCc1ccc(C(F)(F)F)cc1)c1cnc(Cl)nc1Cl. The monoisotopic (exact) mass is 349 g/mol. The van der Waals surface area contributed by atoms with Gasteiger partial charge in [0.1, 0.15) is 5.15 Å². The molecule has 0 radical (unpaired) electrons. The van der Waals surface area contributed by atoms with Gasteiger partial charge in [0.15, 0.2) is 0 Å². The first-order valence-corrected chi connectivity index (χ1v) is 6.65. The molecule has 116 valence electrons. The van der Waals surface area contributed by atoms with Crippen LogP contribution >= 0.6 is 23.2 Å². The van der Waals surface area contributed by atoms with Gasteiger partial charge in [-0.25, -0.2) is 9.97 Å². The van der Waals surface area contributed by atoms with E-state index in [1.54, 1.807) is 0 Å². The van der Waals surface area contributed by atoms with Crippen LogP contribution in [0.2, 0.25) is 10.4 Å². The maximum absolute atomic E-state index is 12.4. The largest absolute Gasteiger partial charge is 0.416 e. The van der Waals surface area contributed by atoms with E-state index in [0.29, 0.717) is 5.56 Å². The van der Waals surface area contributed by atoms with Crippen LogP contribution in [-0.2, 0) is 12.7 Å². The molecule has 0 spiro atoms. The van der Waals surface area contributed by atoms with Gasteiger partial charge in [-0.2, -0.15) is 13.2 Å². The first-order chi connectivity index (χ1) is 10.3. The Labute approximate surface area is 133 Å². The number of halogens is 5. The smallest absolute Gasteiger partial charge is 0.348 e. The van der Waals surface area contributed by atoms with Crippen molar-refractivity contribution in [2.24, 2.45) is 0 Å². The number of amides is 1. The van der Waals surface area contributed by atoms with E-state index in [1.165, 1.54) is 18.3 Å². The van der Waals surface area contributed by atoms with Crippen LogP contribution in [0.15, 0.2) is 30.5 Å². The minimum Gasteiger partial charge on any atom is -0.348 e. The second-order valence-electron chi connectivity index (χ2n) is 4.22. The van der Waals surface area contributed by atoms with Crippen molar-refractivity contribution < 1.29 is 18.0 Å². The molecule has 4 nitrogen and oxygen atoms in total. The van der Waals surface area contributed by atoms with E-state index >= 15 is 0 Å². The van der Waals surface area contributed by atoms with Crippen molar-refractivity contribution in [3.63, 3.8) is 0 Å². The Bertz CT molecular complexity index is 690. The predicted octanol–water partition coefficient (Wildman–Crippen LogP) is 3.73. The summed E-state index contributed by atoms with van der Waals surface area (Å²) < 4.78 is 37.3. The highest BCUT2D eigenvalue weighted by molar-refractivity contribution is 6.34. The summed E-state index contributed by atoms with van der Waals surface area (Å²) in [5, 5.41) is 2.31. The number of benzene rings is 1. The van der Waals surface area contributed by atoms with Crippen molar-refractivity contribution in [2.75, 3.05) is 0 Å². The third kappa shape index (κ3) is 4.08. The maximum atomic E-state index is 12.4. The van der Waals surface area contributed by atoms with Gasteiger partial charge in [-0.15, -0.1) is 0 Å². The topological polar surface area (TPSA) is 54.9 Å². The number of aromatic nitrogens is 2. The summed E-state index contributed by atoms with van der Waals surface area (Å²) >= 11 is 11.3. The molecular formula is C13H8Cl2F3N3O. The summed E-state index contributed by atoms with van der Waals surface area (Å²) in [6.07, 6.45) is -3.23. The van der Waals surface area contributed by atoms with E-state index in [9.17, 15) is 18.0 Å². The zero-order chi connectivity index (χ0) is 16.3. The van der Waals surface area contributed by atoms with Gasteiger partial charge in [0.25, 0.3) is 5.91 Å². The molecule has 0 saturated carbocycles. The zero-order valence-electron chi connectivity index (χ0n) is 10.8. The van der Waals surface area contributed by atoms with Crippen molar-refractivity contribution in [3.8, 4) is 0 Å². The van der Waals surface area contributed by atoms with Gasteiger partial charge < -0.3 is 5.32 Å². The Morgan fingerprint density at radius 2 is 1.82 bits per heavy atom. The lowest BCUT2D eigenvalue weighted by atomic mass is 10.1. The van der Waals surface area contributed by atoms with Gasteiger partial charge >= 0.3 is 6.18 Å². The van der Waals surface area contributed by atoms with E-state index in [2.05, 4.69) is 15.3 Å². The molecular weight excluding hydrogens is 342 g/mol. The van der Waals surface area contributed by atoms with E-state index in [-0.39, 0.29) is 22.5 Å².